The summed E-state index contributed by atoms with van der Waals surface area (Å²) in [5, 5.41) is 4.47. The van der Waals surface area contributed by atoms with Crippen molar-refractivity contribution in [2.45, 2.75) is 39.7 Å². The van der Waals surface area contributed by atoms with E-state index in [4.69, 9.17) is 5.73 Å². The van der Waals surface area contributed by atoms with Crippen molar-refractivity contribution < 1.29 is 4.79 Å². The van der Waals surface area contributed by atoms with E-state index in [9.17, 15) is 4.79 Å². The standard InChI is InChI=1S/C11H19N3OS/c1-7(13-6-4-5-10(12)15)11-8(2)14-9(3)16-11/h7,13H,4-6H2,1-3H3,(H2,12,15). The van der Waals surface area contributed by atoms with E-state index in [1.165, 1.54) is 4.88 Å². The van der Waals surface area contributed by atoms with E-state index in [0.29, 0.717) is 12.5 Å². The molecule has 1 rings (SSSR count). The molecule has 1 aromatic heterocycles. The number of aryl methyl sites for hydroxylation is 2. The minimum Gasteiger partial charge on any atom is -0.370 e. The summed E-state index contributed by atoms with van der Waals surface area (Å²) in [4.78, 5) is 16.2. The smallest absolute Gasteiger partial charge is 0.217 e. The highest BCUT2D eigenvalue weighted by Gasteiger charge is 2.11. The molecule has 1 heterocycles. The van der Waals surface area contributed by atoms with E-state index in [1.54, 1.807) is 11.3 Å². The van der Waals surface area contributed by atoms with Crippen LogP contribution in [0.1, 0.15) is 41.4 Å². The predicted octanol–water partition coefficient (Wildman–Crippen LogP) is 1.68. The van der Waals surface area contributed by atoms with Gasteiger partial charge in [-0.2, -0.15) is 0 Å². The summed E-state index contributed by atoms with van der Waals surface area (Å²) in [5.74, 6) is -0.237. The largest absolute Gasteiger partial charge is 0.370 e. The highest BCUT2D eigenvalue weighted by atomic mass is 32.1. The molecule has 90 valence electrons. The predicted molar refractivity (Wildman–Crippen MR) is 66.4 cm³/mol. The average molecular weight is 241 g/mol. The van der Waals surface area contributed by atoms with E-state index < -0.39 is 0 Å². The fourth-order valence-corrected chi connectivity index (χ4v) is 2.58. The van der Waals surface area contributed by atoms with Crippen molar-refractivity contribution in [3.05, 3.63) is 15.6 Å². The molecule has 3 N–H and O–H groups in total. The van der Waals surface area contributed by atoms with Gasteiger partial charge in [0.2, 0.25) is 5.91 Å². The zero-order valence-electron chi connectivity index (χ0n) is 10.0. The maximum absolute atomic E-state index is 10.6. The van der Waals surface area contributed by atoms with Gasteiger partial charge < -0.3 is 11.1 Å². The first-order valence-electron chi connectivity index (χ1n) is 5.46. The Morgan fingerprint density at radius 1 is 1.56 bits per heavy atom. The second-order valence-electron chi connectivity index (χ2n) is 3.93. The summed E-state index contributed by atoms with van der Waals surface area (Å²) in [6.45, 7) is 6.96. The molecule has 0 spiro atoms. The van der Waals surface area contributed by atoms with Crippen LogP contribution < -0.4 is 11.1 Å². The summed E-state index contributed by atoms with van der Waals surface area (Å²) >= 11 is 1.72. The Hall–Kier alpha value is -0.940. The van der Waals surface area contributed by atoms with Crippen LogP contribution in [-0.2, 0) is 4.79 Å². The molecule has 5 heteroatoms. The maximum Gasteiger partial charge on any atom is 0.217 e. The fraction of sp³-hybridized carbons (Fsp3) is 0.636. The third kappa shape index (κ3) is 3.90. The lowest BCUT2D eigenvalue weighted by Gasteiger charge is -2.12. The zero-order chi connectivity index (χ0) is 12.1. The minimum atomic E-state index is -0.237. The number of nitrogens with one attached hydrogen (secondary N) is 1. The summed E-state index contributed by atoms with van der Waals surface area (Å²) in [6, 6.07) is 0.291. The van der Waals surface area contributed by atoms with Crippen molar-refractivity contribution in [1.29, 1.82) is 0 Å². The lowest BCUT2D eigenvalue weighted by molar-refractivity contribution is -0.118. The number of carbonyl (C=O) groups excluding carboxylic acids is 1. The van der Waals surface area contributed by atoms with E-state index >= 15 is 0 Å². The molecule has 4 nitrogen and oxygen atoms in total. The number of rotatable bonds is 6. The van der Waals surface area contributed by atoms with Gasteiger partial charge in [-0.25, -0.2) is 4.98 Å². The highest BCUT2D eigenvalue weighted by molar-refractivity contribution is 7.11. The van der Waals surface area contributed by atoms with Crippen LogP contribution in [0.25, 0.3) is 0 Å². The Kier molecular flexibility index (Phi) is 4.89. The molecule has 1 amide bonds. The van der Waals surface area contributed by atoms with Crippen LogP contribution in [0.15, 0.2) is 0 Å². The number of carbonyl (C=O) groups is 1. The second kappa shape index (κ2) is 5.96. The number of nitrogens with two attached hydrogens (primary N) is 1. The molecule has 1 unspecified atom stereocenters. The van der Waals surface area contributed by atoms with E-state index in [1.807, 2.05) is 13.8 Å². The molecule has 0 aliphatic heterocycles. The first-order chi connectivity index (χ1) is 7.50. The first-order valence-corrected chi connectivity index (χ1v) is 6.28. The Morgan fingerprint density at radius 3 is 2.75 bits per heavy atom. The third-order valence-electron chi connectivity index (χ3n) is 2.38. The molecule has 0 fully saturated rings. The monoisotopic (exact) mass is 241 g/mol. The molecule has 1 aromatic rings. The molecule has 0 bridgehead atoms. The highest BCUT2D eigenvalue weighted by Crippen LogP contribution is 2.24. The van der Waals surface area contributed by atoms with Gasteiger partial charge in [-0.1, -0.05) is 0 Å². The molecule has 0 aliphatic rings. The van der Waals surface area contributed by atoms with Gasteiger partial charge in [0.05, 0.1) is 10.7 Å². The molecule has 0 aliphatic carbocycles. The Morgan fingerprint density at radius 2 is 2.25 bits per heavy atom. The van der Waals surface area contributed by atoms with Crippen molar-refractivity contribution in [2.75, 3.05) is 6.54 Å². The molecule has 0 aromatic carbocycles. The van der Waals surface area contributed by atoms with E-state index in [0.717, 1.165) is 23.7 Å². The molecule has 0 radical (unpaired) electrons. The van der Waals surface area contributed by atoms with Gasteiger partial charge in [-0.15, -0.1) is 11.3 Å². The Bertz CT molecular complexity index is 362. The van der Waals surface area contributed by atoms with Crippen molar-refractivity contribution in [2.24, 2.45) is 5.73 Å². The fourth-order valence-electron chi connectivity index (χ4n) is 1.62. The van der Waals surface area contributed by atoms with Crippen LogP contribution in [-0.4, -0.2) is 17.4 Å². The van der Waals surface area contributed by atoms with Crippen molar-refractivity contribution in [3.63, 3.8) is 0 Å². The zero-order valence-corrected chi connectivity index (χ0v) is 10.9. The molecular weight excluding hydrogens is 222 g/mol. The second-order valence-corrected chi connectivity index (χ2v) is 5.16. The number of thiazole rings is 1. The minimum absolute atomic E-state index is 0.237. The lowest BCUT2D eigenvalue weighted by Crippen LogP contribution is -2.21. The molecular formula is C11H19N3OS. The van der Waals surface area contributed by atoms with Crippen molar-refractivity contribution >= 4 is 17.2 Å². The quantitative estimate of drug-likeness (QED) is 0.744. The number of amides is 1. The number of nitrogens with zero attached hydrogens (tertiary/aromatic N) is 1. The van der Waals surface area contributed by atoms with Crippen LogP contribution in [0.5, 0.6) is 0 Å². The van der Waals surface area contributed by atoms with Crippen LogP contribution in [0.3, 0.4) is 0 Å². The number of primary amides is 1. The lowest BCUT2D eigenvalue weighted by atomic mass is 10.2. The topological polar surface area (TPSA) is 68.0 Å². The Labute approximate surface area is 100 Å². The van der Waals surface area contributed by atoms with E-state index in [-0.39, 0.29) is 5.91 Å². The summed E-state index contributed by atoms with van der Waals surface area (Å²) in [7, 11) is 0. The van der Waals surface area contributed by atoms with Gasteiger partial charge in [0.15, 0.2) is 0 Å². The van der Waals surface area contributed by atoms with Crippen LogP contribution in [0.2, 0.25) is 0 Å². The molecule has 16 heavy (non-hydrogen) atoms. The summed E-state index contributed by atoms with van der Waals surface area (Å²) in [5.41, 5.74) is 6.17. The Balaban J connectivity index is 2.38. The summed E-state index contributed by atoms with van der Waals surface area (Å²) in [6.07, 6.45) is 1.23. The normalized spacial score (nSPS) is 12.7. The molecule has 0 saturated carbocycles. The van der Waals surface area contributed by atoms with Gasteiger partial charge in [0, 0.05) is 17.3 Å². The number of hydrogen-bond acceptors (Lipinski definition) is 4. The molecule has 1 atom stereocenters. The average Bonchev–Trinajstić information content (AvgIpc) is 2.52. The van der Waals surface area contributed by atoms with Crippen LogP contribution >= 0.6 is 11.3 Å². The molecule has 0 saturated heterocycles. The number of aromatic nitrogens is 1. The SMILES string of the molecule is Cc1nc(C)c(C(C)NCCCC(N)=O)s1. The van der Waals surface area contributed by atoms with Crippen LogP contribution in [0, 0.1) is 13.8 Å². The van der Waals surface area contributed by atoms with Crippen molar-refractivity contribution in [3.8, 4) is 0 Å². The number of hydrogen-bond donors (Lipinski definition) is 2. The van der Waals surface area contributed by atoms with Gasteiger partial charge in [0.25, 0.3) is 0 Å². The maximum atomic E-state index is 10.6. The summed E-state index contributed by atoms with van der Waals surface area (Å²) < 4.78 is 0. The third-order valence-corrected chi connectivity index (χ3v) is 3.64. The van der Waals surface area contributed by atoms with Crippen LogP contribution in [0.4, 0.5) is 0 Å². The first kappa shape index (κ1) is 13.1. The van der Waals surface area contributed by atoms with Crippen molar-refractivity contribution in [1.82, 2.24) is 10.3 Å². The van der Waals surface area contributed by atoms with Gasteiger partial charge in [-0.3, -0.25) is 4.79 Å². The van der Waals surface area contributed by atoms with Gasteiger partial charge >= 0.3 is 0 Å². The van der Waals surface area contributed by atoms with Gasteiger partial charge in [-0.05, 0) is 33.7 Å². The van der Waals surface area contributed by atoms with Gasteiger partial charge in [0.1, 0.15) is 0 Å². The van der Waals surface area contributed by atoms with E-state index in [2.05, 4.69) is 17.2 Å².